The van der Waals surface area contributed by atoms with E-state index in [-0.39, 0.29) is 0 Å². The largest absolute Gasteiger partial charge is 0.330 e. The molecule has 2 nitrogen and oxygen atoms in total. The normalized spacial score (nSPS) is 19.4. The van der Waals surface area contributed by atoms with E-state index in [9.17, 15) is 0 Å². The van der Waals surface area contributed by atoms with Gasteiger partial charge in [-0.3, -0.25) is 0 Å². The first-order valence-electron chi connectivity index (χ1n) is 4.27. The van der Waals surface area contributed by atoms with Gasteiger partial charge in [0.05, 0.1) is 12.4 Å². The topological polar surface area (TPSA) is 17.8 Å². The highest BCUT2D eigenvalue weighted by atomic mass is 15.0. The van der Waals surface area contributed by atoms with Gasteiger partial charge >= 0.3 is 0 Å². The molecule has 1 aliphatic rings. The maximum absolute atomic E-state index is 4.31. The van der Waals surface area contributed by atoms with Gasteiger partial charge in [0.15, 0.2) is 0 Å². The fraction of sp³-hybridized carbons (Fsp3) is 0.667. The first-order chi connectivity index (χ1) is 5.38. The maximum Gasteiger partial charge on any atom is 0.112 e. The van der Waals surface area contributed by atoms with Crippen molar-refractivity contribution < 1.29 is 0 Å². The number of aryl methyl sites for hydroxylation is 1. The minimum atomic E-state index is 0.714. The fourth-order valence-electron chi connectivity index (χ4n) is 1.90. The van der Waals surface area contributed by atoms with Gasteiger partial charge in [0.2, 0.25) is 0 Å². The minimum absolute atomic E-state index is 0.714. The molecule has 0 saturated heterocycles. The van der Waals surface area contributed by atoms with Gasteiger partial charge in [0, 0.05) is 13.0 Å². The van der Waals surface area contributed by atoms with Gasteiger partial charge in [0.1, 0.15) is 5.82 Å². The van der Waals surface area contributed by atoms with Crippen molar-refractivity contribution in [1.29, 1.82) is 0 Å². The minimum Gasteiger partial charge on any atom is -0.330 e. The number of rotatable bonds is 1. The van der Waals surface area contributed by atoms with Crippen molar-refractivity contribution in [2.75, 3.05) is 0 Å². The van der Waals surface area contributed by atoms with Crippen LogP contribution in [0.2, 0.25) is 0 Å². The van der Waals surface area contributed by atoms with Crippen LogP contribution in [0.4, 0.5) is 0 Å². The summed E-state index contributed by atoms with van der Waals surface area (Å²) in [6.07, 6.45) is 10.2. The van der Waals surface area contributed by atoms with Crippen molar-refractivity contribution in [3.05, 3.63) is 18.2 Å². The molecule has 0 spiro atoms. The highest BCUT2D eigenvalue weighted by molar-refractivity contribution is 5.00. The van der Waals surface area contributed by atoms with Gasteiger partial charge in [0.25, 0.3) is 0 Å². The number of aromatic nitrogens is 2. The predicted octanol–water partition coefficient (Wildman–Crippen LogP) is 1.88. The van der Waals surface area contributed by atoms with Gasteiger partial charge in [-0.2, -0.15) is 0 Å². The van der Waals surface area contributed by atoms with Crippen LogP contribution < -0.4 is 0 Å². The third-order valence-corrected chi connectivity index (χ3v) is 2.51. The van der Waals surface area contributed by atoms with Crippen LogP contribution >= 0.6 is 0 Å². The van der Waals surface area contributed by atoms with E-state index in [0.717, 1.165) is 0 Å². The number of nitrogens with zero attached hydrogens (tertiary/aromatic N) is 2. The van der Waals surface area contributed by atoms with Crippen molar-refractivity contribution >= 4 is 0 Å². The summed E-state index contributed by atoms with van der Waals surface area (Å²) in [4.78, 5) is 4.31. The molecule has 59 valence electrons. The Hall–Kier alpha value is -0.790. The molecular weight excluding hydrogens is 136 g/mol. The van der Waals surface area contributed by atoms with Crippen LogP contribution in [0.25, 0.3) is 0 Å². The quantitative estimate of drug-likeness (QED) is 0.596. The summed E-state index contributed by atoms with van der Waals surface area (Å²) in [6, 6.07) is 0. The molecule has 0 atom stereocenters. The van der Waals surface area contributed by atoms with Crippen LogP contribution in [0.1, 0.15) is 37.4 Å². The lowest BCUT2D eigenvalue weighted by Crippen LogP contribution is -2.01. The smallest absolute Gasteiger partial charge is 0.112 e. The summed E-state index contributed by atoms with van der Waals surface area (Å²) in [5.41, 5.74) is 0. The van der Waals surface area contributed by atoms with E-state index in [4.69, 9.17) is 0 Å². The average molecular weight is 149 g/mol. The molecule has 2 heteroatoms. The third kappa shape index (κ3) is 1.17. The summed E-state index contributed by atoms with van der Waals surface area (Å²) < 4.78 is 2.02. The van der Waals surface area contributed by atoms with E-state index in [1.165, 1.54) is 31.5 Å². The Labute approximate surface area is 67.3 Å². The molecule has 0 bridgehead atoms. The average Bonchev–Trinajstić information content (AvgIpc) is 2.55. The Morgan fingerprint density at radius 3 is 2.82 bits per heavy atom. The van der Waals surface area contributed by atoms with Gasteiger partial charge < -0.3 is 4.57 Å². The predicted molar refractivity (Wildman–Crippen MR) is 43.3 cm³/mol. The zero-order valence-corrected chi connectivity index (χ0v) is 6.88. The molecule has 0 unspecified atom stereocenters. The van der Waals surface area contributed by atoms with E-state index in [1.807, 2.05) is 11.6 Å². The van der Waals surface area contributed by atoms with Gasteiger partial charge in [-0.25, -0.2) is 4.98 Å². The number of imidazole rings is 1. The molecule has 1 radical (unpaired) electrons. The molecule has 1 aromatic heterocycles. The molecule has 0 aliphatic heterocycles. The van der Waals surface area contributed by atoms with Crippen molar-refractivity contribution in [3.8, 4) is 0 Å². The van der Waals surface area contributed by atoms with Crippen LogP contribution in [0.3, 0.4) is 0 Å². The van der Waals surface area contributed by atoms with Crippen LogP contribution in [-0.4, -0.2) is 9.55 Å². The van der Waals surface area contributed by atoms with Gasteiger partial charge in [-0.1, -0.05) is 12.8 Å². The monoisotopic (exact) mass is 149 g/mol. The molecule has 1 heterocycles. The first kappa shape index (κ1) is 6.89. The highest BCUT2D eigenvalue weighted by Gasteiger charge is 2.19. The Kier molecular flexibility index (Phi) is 1.68. The Morgan fingerprint density at radius 2 is 2.27 bits per heavy atom. The molecule has 1 fully saturated rings. The van der Waals surface area contributed by atoms with Crippen LogP contribution in [0.5, 0.6) is 0 Å². The van der Waals surface area contributed by atoms with Gasteiger partial charge in [-0.05, 0) is 12.8 Å². The molecule has 0 aromatic carbocycles. The van der Waals surface area contributed by atoms with E-state index in [0.29, 0.717) is 5.92 Å². The molecule has 0 N–H and O–H groups in total. The van der Waals surface area contributed by atoms with Crippen LogP contribution in [0, 0.1) is 6.20 Å². The van der Waals surface area contributed by atoms with E-state index in [2.05, 4.69) is 11.2 Å². The van der Waals surface area contributed by atoms with Gasteiger partial charge in [-0.15, -0.1) is 0 Å². The van der Waals surface area contributed by atoms with E-state index >= 15 is 0 Å². The summed E-state index contributed by atoms with van der Waals surface area (Å²) in [5, 5.41) is 0. The third-order valence-electron chi connectivity index (χ3n) is 2.51. The molecule has 1 saturated carbocycles. The van der Waals surface area contributed by atoms with Crippen LogP contribution in [0.15, 0.2) is 6.20 Å². The van der Waals surface area contributed by atoms with Crippen molar-refractivity contribution in [3.63, 3.8) is 0 Å². The molecule has 1 aliphatic carbocycles. The molecule has 1 aromatic rings. The Bertz CT molecular complexity index is 233. The second kappa shape index (κ2) is 2.68. The number of hydrogen-bond donors (Lipinski definition) is 0. The Balaban J connectivity index is 2.21. The molecule has 0 amide bonds. The van der Waals surface area contributed by atoms with Crippen molar-refractivity contribution in [2.24, 2.45) is 7.05 Å². The summed E-state index contributed by atoms with van der Waals surface area (Å²) in [5.74, 6) is 1.94. The molecular formula is C9H13N2. The summed E-state index contributed by atoms with van der Waals surface area (Å²) in [7, 11) is 2.03. The van der Waals surface area contributed by atoms with Crippen molar-refractivity contribution in [1.82, 2.24) is 9.55 Å². The first-order valence-corrected chi connectivity index (χ1v) is 4.27. The van der Waals surface area contributed by atoms with E-state index < -0.39 is 0 Å². The molecule has 2 rings (SSSR count). The van der Waals surface area contributed by atoms with Crippen molar-refractivity contribution in [2.45, 2.75) is 31.6 Å². The maximum atomic E-state index is 4.31. The lowest BCUT2D eigenvalue weighted by atomic mass is 10.1. The highest BCUT2D eigenvalue weighted by Crippen LogP contribution is 2.32. The standard InChI is InChI=1S/C9H13N2/c1-11-7-6-10-9(11)8-4-2-3-5-8/h6,8H,2-5H2,1H3. The van der Waals surface area contributed by atoms with E-state index in [1.54, 1.807) is 6.20 Å². The fourth-order valence-corrected chi connectivity index (χ4v) is 1.90. The zero-order chi connectivity index (χ0) is 7.68. The second-order valence-corrected chi connectivity index (χ2v) is 3.29. The summed E-state index contributed by atoms with van der Waals surface area (Å²) in [6.45, 7) is 0. The Morgan fingerprint density at radius 1 is 1.55 bits per heavy atom. The molecule has 11 heavy (non-hydrogen) atoms. The lowest BCUT2D eigenvalue weighted by Gasteiger charge is -2.07. The lowest BCUT2D eigenvalue weighted by molar-refractivity contribution is 0.631. The SMILES string of the molecule is Cn1[c]cnc1C1CCCC1. The second-order valence-electron chi connectivity index (χ2n) is 3.29. The zero-order valence-electron chi connectivity index (χ0n) is 6.88. The number of hydrogen-bond acceptors (Lipinski definition) is 1. The van der Waals surface area contributed by atoms with Crippen LogP contribution in [-0.2, 0) is 7.05 Å². The summed E-state index contributed by atoms with van der Waals surface area (Å²) >= 11 is 0.